The van der Waals surface area contributed by atoms with Crippen LogP contribution in [0, 0.1) is 0 Å². The maximum absolute atomic E-state index is 12.5. The molecule has 1 aromatic carbocycles. The monoisotopic (exact) mass is 258 g/mol. The summed E-state index contributed by atoms with van der Waals surface area (Å²) in [5.74, 6) is -0.100. The molecule has 0 N–H and O–H groups in total. The number of carbonyl (C=O) groups is 2. The van der Waals surface area contributed by atoms with Crippen LogP contribution in [0.5, 0.6) is 0 Å². The van der Waals surface area contributed by atoms with Crippen LogP contribution in [0.2, 0.25) is 0 Å². The van der Waals surface area contributed by atoms with Crippen LogP contribution in [0.1, 0.15) is 31.3 Å². The van der Waals surface area contributed by atoms with E-state index in [1.54, 1.807) is 11.0 Å². The van der Waals surface area contributed by atoms with Crippen LogP contribution in [0.3, 0.4) is 0 Å². The number of aromatic nitrogens is 1. The van der Waals surface area contributed by atoms with Crippen molar-refractivity contribution in [2.24, 2.45) is 0 Å². The zero-order valence-corrected chi connectivity index (χ0v) is 11.5. The Balaban J connectivity index is 2.66. The number of nitrogens with zero attached hydrogens (tertiary/aromatic N) is 2. The molecule has 0 bridgehead atoms. The lowest BCUT2D eigenvalue weighted by Crippen LogP contribution is -2.35. The number of amides is 1. The quantitative estimate of drug-likeness (QED) is 0.794. The predicted molar refractivity (Wildman–Crippen MR) is 75.7 cm³/mol. The van der Waals surface area contributed by atoms with Crippen LogP contribution in [0.25, 0.3) is 10.9 Å². The molecule has 0 unspecified atom stereocenters. The lowest BCUT2D eigenvalue weighted by molar-refractivity contribution is 0.100. The summed E-state index contributed by atoms with van der Waals surface area (Å²) >= 11 is 0. The van der Waals surface area contributed by atoms with Gasteiger partial charge < -0.3 is 4.90 Å². The predicted octanol–water partition coefficient (Wildman–Crippen LogP) is 3.15. The molecule has 0 aliphatic carbocycles. The number of benzene rings is 1. The SMILES string of the molecule is CCN(CC)C(=O)n1c(C(C)=O)cc2ccccc21. The Morgan fingerprint density at radius 1 is 1.16 bits per heavy atom. The zero-order chi connectivity index (χ0) is 14.0. The van der Waals surface area contributed by atoms with E-state index in [0.29, 0.717) is 18.8 Å². The van der Waals surface area contributed by atoms with Gasteiger partial charge in [-0.3, -0.25) is 9.36 Å². The van der Waals surface area contributed by atoms with E-state index >= 15 is 0 Å². The average molecular weight is 258 g/mol. The minimum atomic E-state index is -0.142. The first-order chi connectivity index (χ1) is 9.10. The molecule has 0 saturated carbocycles. The molecule has 1 aromatic heterocycles. The maximum Gasteiger partial charge on any atom is 0.329 e. The summed E-state index contributed by atoms with van der Waals surface area (Å²) < 4.78 is 1.52. The van der Waals surface area contributed by atoms with Crippen LogP contribution >= 0.6 is 0 Å². The van der Waals surface area contributed by atoms with Crippen LogP contribution in [-0.2, 0) is 0 Å². The molecule has 1 amide bonds. The highest BCUT2D eigenvalue weighted by Crippen LogP contribution is 2.21. The molecular formula is C15H18N2O2. The Labute approximate surface area is 112 Å². The van der Waals surface area contributed by atoms with Crippen LogP contribution < -0.4 is 0 Å². The van der Waals surface area contributed by atoms with Gasteiger partial charge in [0.15, 0.2) is 5.78 Å². The Morgan fingerprint density at radius 3 is 2.37 bits per heavy atom. The number of ketones is 1. The molecule has 0 aliphatic rings. The minimum absolute atomic E-state index is 0.100. The van der Waals surface area contributed by atoms with Gasteiger partial charge in [-0.25, -0.2) is 4.79 Å². The highest BCUT2D eigenvalue weighted by Gasteiger charge is 2.20. The van der Waals surface area contributed by atoms with Crippen molar-refractivity contribution in [3.8, 4) is 0 Å². The minimum Gasteiger partial charge on any atom is -0.325 e. The fourth-order valence-electron chi connectivity index (χ4n) is 2.26. The first-order valence-electron chi connectivity index (χ1n) is 6.50. The Hall–Kier alpha value is -2.10. The number of fused-ring (bicyclic) bond motifs is 1. The summed E-state index contributed by atoms with van der Waals surface area (Å²) in [5.41, 5.74) is 1.22. The number of hydrogen-bond acceptors (Lipinski definition) is 2. The summed E-state index contributed by atoms with van der Waals surface area (Å²) in [7, 11) is 0. The Morgan fingerprint density at radius 2 is 1.79 bits per heavy atom. The van der Waals surface area contributed by atoms with Gasteiger partial charge in [0.25, 0.3) is 0 Å². The second-order valence-corrected chi connectivity index (χ2v) is 4.43. The molecule has 1 heterocycles. The first-order valence-corrected chi connectivity index (χ1v) is 6.50. The molecule has 0 fully saturated rings. The van der Waals surface area contributed by atoms with Gasteiger partial charge in [-0.1, -0.05) is 18.2 Å². The van der Waals surface area contributed by atoms with Gasteiger partial charge in [0.2, 0.25) is 0 Å². The Kier molecular flexibility index (Phi) is 3.69. The third-order valence-corrected chi connectivity index (χ3v) is 3.30. The number of para-hydroxylation sites is 1. The van der Waals surface area contributed by atoms with E-state index in [2.05, 4.69) is 0 Å². The van der Waals surface area contributed by atoms with Crippen molar-refractivity contribution in [3.63, 3.8) is 0 Å². The van der Waals surface area contributed by atoms with Crippen LogP contribution in [0.15, 0.2) is 30.3 Å². The smallest absolute Gasteiger partial charge is 0.325 e. The standard InChI is InChI=1S/C15H18N2O2/c1-4-16(5-2)15(19)17-13-9-7-6-8-12(13)10-14(17)11(3)18/h6-10H,4-5H2,1-3H3. The molecule has 0 atom stereocenters. The molecule has 0 saturated heterocycles. The van der Waals surface area contributed by atoms with Crippen molar-refractivity contribution >= 4 is 22.7 Å². The number of hydrogen-bond donors (Lipinski definition) is 0. The van der Waals surface area contributed by atoms with E-state index in [1.807, 2.05) is 38.1 Å². The molecular weight excluding hydrogens is 240 g/mol. The molecule has 2 rings (SSSR count). The summed E-state index contributed by atoms with van der Waals surface area (Å²) in [6.45, 7) is 6.60. The van der Waals surface area contributed by atoms with Crippen molar-refractivity contribution in [2.45, 2.75) is 20.8 Å². The van der Waals surface area contributed by atoms with E-state index in [9.17, 15) is 9.59 Å². The topological polar surface area (TPSA) is 42.3 Å². The van der Waals surface area contributed by atoms with Crippen molar-refractivity contribution in [1.29, 1.82) is 0 Å². The van der Waals surface area contributed by atoms with Gasteiger partial charge in [-0.2, -0.15) is 0 Å². The molecule has 4 nitrogen and oxygen atoms in total. The highest BCUT2D eigenvalue weighted by molar-refractivity contribution is 6.04. The van der Waals surface area contributed by atoms with Crippen molar-refractivity contribution in [3.05, 3.63) is 36.0 Å². The molecule has 0 radical (unpaired) electrons. The maximum atomic E-state index is 12.5. The van der Waals surface area contributed by atoms with Crippen molar-refractivity contribution < 1.29 is 9.59 Å². The lowest BCUT2D eigenvalue weighted by atomic mass is 10.2. The molecule has 19 heavy (non-hydrogen) atoms. The highest BCUT2D eigenvalue weighted by atomic mass is 16.2. The van der Waals surface area contributed by atoms with Crippen LogP contribution in [-0.4, -0.2) is 34.4 Å². The summed E-state index contributed by atoms with van der Waals surface area (Å²) in [6.07, 6.45) is 0. The van der Waals surface area contributed by atoms with E-state index < -0.39 is 0 Å². The summed E-state index contributed by atoms with van der Waals surface area (Å²) in [6, 6.07) is 9.18. The number of carbonyl (C=O) groups excluding carboxylic acids is 2. The van der Waals surface area contributed by atoms with Gasteiger partial charge in [0.1, 0.15) is 0 Å². The van der Waals surface area contributed by atoms with E-state index in [4.69, 9.17) is 0 Å². The van der Waals surface area contributed by atoms with E-state index in [1.165, 1.54) is 11.5 Å². The molecule has 0 spiro atoms. The van der Waals surface area contributed by atoms with E-state index in [0.717, 1.165) is 10.9 Å². The molecule has 0 aliphatic heterocycles. The van der Waals surface area contributed by atoms with Gasteiger partial charge in [0.05, 0.1) is 11.2 Å². The number of Topliss-reactive ketones (excluding diaryl/α,β-unsaturated/α-hetero) is 1. The number of rotatable bonds is 3. The summed E-state index contributed by atoms with van der Waals surface area (Å²) in [4.78, 5) is 26.0. The molecule has 100 valence electrons. The van der Waals surface area contributed by atoms with Gasteiger partial charge in [0, 0.05) is 25.4 Å². The second-order valence-electron chi connectivity index (χ2n) is 4.43. The average Bonchev–Trinajstić information content (AvgIpc) is 2.79. The van der Waals surface area contributed by atoms with E-state index in [-0.39, 0.29) is 11.8 Å². The van der Waals surface area contributed by atoms with Crippen molar-refractivity contribution in [1.82, 2.24) is 9.47 Å². The zero-order valence-electron chi connectivity index (χ0n) is 11.5. The largest absolute Gasteiger partial charge is 0.329 e. The van der Waals surface area contributed by atoms with Gasteiger partial charge in [-0.15, -0.1) is 0 Å². The normalized spacial score (nSPS) is 10.7. The van der Waals surface area contributed by atoms with Crippen LogP contribution in [0.4, 0.5) is 4.79 Å². The van der Waals surface area contributed by atoms with Gasteiger partial charge in [-0.05, 0) is 26.0 Å². The third kappa shape index (κ3) is 2.26. The fourth-order valence-corrected chi connectivity index (χ4v) is 2.26. The Bertz CT molecular complexity index is 624. The van der Waals surface area contributed by atoms with Crippen molar-refractivity contribution in [2.75, 3.05) is 13.1 Å². The fraction of sp³-hybridized carbons (Fsp3) is 0.333. The van der Waals surface area contributed by atoms with Gasteiger partial charge >= 0.3 is 6.03 Å². The summed E-state index contributed by atoms with van der Waals surface area (Å²) in [5, 5.41) is 0.910. The molecule has 2 aromatic rings. The lowest BCUT2D eigenvalue weighted by Gasteiger charge is -2.20. The second kappa shape index (κ2) is 5.26. The molecule has 4 heteroatoms. The third-order valence-electron chi connectivity index (χ3n) is 3.30. The first kappa shape index (κ1) is 13.3.